The number of likely N-dealkylation sites (tertiary alicyclic amines) is 1. The molecule has 1 amide bonds. The van der Waals surface area contributed by atoms with E-state index in [-0.39, 0.29) is 18.0 Å². The van der Waals surface area contributed by atoms with Crippen LogP contribution in [-0.4, -0.2) is 79.9 Å². The summed E-state index contributed by atoms with van der Waals surface area (Å²) in [5.74, 6) is 0.236. The molecule has 0 atom stereocenters. The first-order valence-electron chi connectivity index (χ1n) is 10.6. The van der Waals surface area contributed by atoms with Gasteiger partial charge in [-0.15, -0.1) is 0 Å². The summed E-state index contributed by atoms with van der Waals surface area (Å²) in [4.78, 5) is 20.5. The highest BCUT2D eigenvalue weighted by Crippen LogP contribution is 2.39. The molecule has 0 aliphatic carbocycles. The van der Waals surface area contributed by atoms with Gasteiger partial charge in [-0.05, 0) is 38.0 Å². The molecule has 4 rings (SSSR count). The molecule has 1 N–H and O–H groups in total. The number of anilines is 1. The fourth-order valence-corrected chi connectivity index (χ4v) is 4.35. The third-order valence-corrected chi connectivity index (χ3v) is 5.90. The summed E-state index contributed by atoms with van der Waals surface area (Å²) in [6.45, 7) is 5.03. The van der Waals surface area contributed by atoms with E-state index in [0.717, 1.165) is 40.7 Å². The molecule has 1 aromatic heterocycles. The number of hydrogen-bond donors (Lipinski definition) is 1. The van der Waals surface area contributed by atoms with E-state index in [0.29, 0.717) is 39.5 Å². The Kier molecular flexibility index (Phi) is 5.85. The average molecular weight is 415 g/mol. The molecule has 1 saturated heterocycles. The van der Waals surface area contributed by atoms with Crippen molar-refractivity contribution in [2.75, 3.05) is 58.5 Å². The summed E-state index contributed by atoms with van der Waals surface area (Å²) in [7, 11) is 4.01. The summed E-state index contributed by atoms with van der Waals surface area (Å²) in [6, 6.07) is 6.33. The van der Waals surface area contributed by atoms with Gasteiger partial charge in [-0.1, -0.05) is 0 Å². The Labute approximate surface area is 176 Å². The molecule has 2 aliphatic rings. The smallest absolute Gasteiger partial charge is 0.409 e. The van der Waals surface area contributed by atoms with Gasteiger partial charge in [0.25, 0.3) is 0 Å². The number of hydrogen-bond acceptors (Lipinski definition) is 6. The predicted octanol–water partition coefficient (Wildman–Crippen LogP) is 3.03. The lowest BCUT2D eigenvalue weighted by Crippen LogP contribution is -2.39. The van der Waals surface area contributed by atoms with Crippen LogP contribution in [0.4, 0.5) is 10.5 Å². The third kappa shape index (κ3) is 3.71. The number of carbonyl (C=O) groups is 1. The molecule has 30 heavy (non-hydrogen) atoms. The lowest BCUT2D eigenvalue weighted by Gasteiger charge is -2.32. The second-order valence-electron chi connectivity index (χ2n) is 7.96. The van der Waals surface area contributed by atoms with Crippen molar-refractivity contribution in [3.8, 4) is 5.88 Å². The van der Waals surface area contributed by atoms with Crippen LogP contribution in [0.2, 0.25) is 0 Å². The minimum atomic E-state index is -0.262. The zero-order valence-electron chi connectivity index (χ0n) is 17.9. The Morgan fingerprint density at radius 1 is 1.33 bits per heavy atom. The maximum atomic E-state index is 12.0. The topological polar surface area (TPSA) is 79.5 Å². The van der Waals surface area contributed by atoms with E-state index in [4.69, 9.17) is 9.47 Å². The SMILES string of the molecule is CCOC(=O)N1CCC(n2c(O)c(C3=NCCOC3)c3cc(N(C)C)ccc32)CC1. The van der Waals surface area contributed by atoms with Crippen molar-refractivity contribution >= 4 is 28.4 Å². The number of piperidine rings is 1. The Hall–Kier alpha value is -2.74. The van der Waals surface area contributed by atoms with Crippen LogP contribution in [0.25, 0.3) is 10.9 Å². The average Bonchev–Trinajstić information content (AvgIpc) is 3.05. The molecular formula is C22H30N4O4. The van der Waals surface area contributed by atoms with Crippen LogP contribution in [0.5, 0.6) is 5.88 Å². The van der Waals surface area contributed by atoms with Crippen molar-refractivity contribution in [1.82, 2.24) is 9.47 Å². The Morgan fingerprint density at radius 3 is 2.73 bits per heavy atom. The normalized spacial score (nSPS) is 17.8. The standard InChI is InChI=1S/C22H30N4O4/c1-4-30-22(28)25-10-7-15(8-11-25)26-19-6-5-16(24(2)3)13-17(19)20(21(26)27)18-14-29-12-9-23-18/h5-6,13,15,27H,4,7-12,14H2,1-3H3. The van der Waals surface area contributed by atoms with Crippen LogP contribution in [0.3, 0.4) is 0 Å². The molecule has 3 heterocycles. The second kappa shape index (κ2) is 8.55. The highest BCUT2D eigenvalue weighted by Gasteiger charge is 2.30. The number of fused-ring (bicyclic) bond motifs is 1. The largest absolute Gasteiger partial charge is 0.494 e. The van der Waals surface area contributed by atoms with Crippen molar-refractivity contribution < 1.29 is 19.4 Å². The molecule has 162 valence electrons. The fraction of sp³-hybridized carbons (Fsp3) is 0.545. The fourth-order valence-electron chi connectivity index (χ4n) is 4.35. The van der Waals surface area contributed by atoms with Crippen LogP contribution in [0, 0.1) is 0 Å². The summed E-state index contributed by atoms with van der Waals surface area (Å²) in [5.41, 5.74) is 3.61. The lowest BCUT2D eigenvalue weighted by atomic mass is 10.0. The number of carbonyl (C=O) groups excluding carboxylic acids is 1. The highest BCUT2D eigenvalue weighted by molar-refractivity contribution is 6.14. The molecule has 2 aromatic rings. The highest BCUT2D eigenvalue weighted by atomic mass is 16.6. The van der Waals surface area contributed by atoms with Gasteiger partial charge >= 0.3 is 6.09 Å². The maximum absolute atomic E-state index is 12.0. The van der Waals surface area contributed by atoms with Crippen molar-refractivity contribution in [2.45, 2.75) is 25.8 Å². The molecule has 0 spiro atoms. The Morgan fingerprint density at radius 2 is 2.10 bits per heavy atom. The first-order chi connectivity index (χ1) is 14.5. The van der Waals surface area contributed by atoms with Crippen LogP contribution in [0.1, 0.15) is 31.4 Å². The lowest BCUT2D eigenvalue weighted by molar-refractivity contribution is 0.0924. The maximum Gasteiger partial charge on any atom is 0.409 e. The summed E-state index contributed by atoms with van der Waals surface area (Å²) in [5, 5.41) is 12.3. The van der Waals surface area contributed by atoms with Crippen LogP contribution >= 0.6 is 0 Å². The molecule has 0 bridgehead atoms. The van der Waals surface area contributed by atoms with Gasteiger partial charge in [-0.3, -0.25) is 4.99 Å². The van der Waals surface area contributed by atoms with Gasteiger partial charge in [0, 0.05) is 44.3 Å². The molecule has 1 fully saturated rings. The number of nitrogens with zero attached hydrogens (tertiary/aromatic N) is 4. The van der Waals surface area contributed by atoms with Gasteiger partial charge in [-0.2, -0.15) is 0 Å². The summed E-state index contributed by atoms with van der Waals surface area (Å²) < 4.78 is 12.8. The van der Waals surface area contributed by atoms with E-state index < -0.39 is 0 Å². The molecule has 8 nitrogen and oxygen atoms in total. The zero-order valence-corrected chi connectivity index (χ0v) is 17.9. The number of aromatic hydroxyl groups is 1. The number of aromatic nitrogens is 1. The van der Waals surface area contributed by atoms with Crippen molar-refractivity contribution in [3.63, 3.8) is 0 Å². The van der Waals surface area contributed by atoms with Crippen LogP contribution in [0.15, 0.2) is 23.2 Å². The van der Waals surface area contributed by atoms with E-state index in [1.54, 1.807) is 4.90 Å². The first-order valence-corrected chi connectivity index (χ1v) is 10.6. The number of ether oxygens (including phenoxy) is 2. The number of aliphatic imine (C=N–C) groups is 1. The van der Waals surface area contributed by atoms with Crippen molar-refractivity contribution in [2.24, 2.45) is 4.99 Å². The van der Waals surface area contributed by atoms with E-state index in [1.165, 1.54) is 0 Å². The van der Waals surface area contributed by atoms with Gasteiger partial charge in [0.05, 0.1) is 43.2 Å². The summed E-state index contributed by atoms with van der Waals surface area (Å²) in [6.07, 6.45) is 1.25. The van der Waals surface area contributed by atoms with Crippen molar-refractivity contribution in [1.29, 1.82) is 0 Å². The Balaban J connectivity index is 1.73. The molecule has 0 radical (unpaired) electrons. The first kappa shape index (κ1) is 20.5. The number of amides is 1. The molecule has 0 saturated carbocycles. The predicted molar refractivity (Wildman–Crippen MR) is 117 cm³/mol. The monoisotopic (exact) mass is 414 g/mol. The molecule has 8 heteroatoms. The minimum Gasteiger partial charge on any atom is -0.494 e. The number of rotatable bonds is 4. The van der Waals surface area contributed by atoms with E-state index in [1.807, 2.05) is 25.6 Å². The molecule has 1 aromatic carbocycles. The minimum absolute atomic E-state index is 0.0993. The zero-order chi connectivity index (χ0) is 21.3. The Bertz CT molecular complexity index is 958. The molecule has 0 unspecified atom stereocenters. The number of benzene rings is 1. The quantitative estimate of drug-likeness (QED) is 0.832. The van der Waals surface area contributed by atoms with Gasteiger partial charge in [0.2, 0.25) is 5.88 Å². The molecular weight excluding hydrogens is 384 g/mol. The van der Waals surface area contributed by atoms with Gasteiger partial charge < -0.3 is 28.9 Å². The van der Waals surface area contributed by atoms with E-state index >= 15 is 0 Å². The molecule has 2 aliphatic heterocycles. The van der Waals surface area contributed by atoms with Crippen molar-refractivity contribution in [3.05, 3.63) is 23.8 Å². The van der Waals surface area contributed by atoms with E-state index in [2.05, 4.69) is 28.1 Å². The second-order valence-corrected chi connectivity index (χ2v) is 7.96. The van der Waals surface area contributed by atoms with Crippen LogP contribution in [-0.2, 0) is 9.47 Å². The van der Waals surface area contributed by atoms with Gasteiger partial charge in [0.15, 0.2) is 0 Å². The van der Waals surface area contributed by atoms with Gasteiger partial charge in [-0.25, -0.2) is 4.79 Å². The van der Waals surface area contributed by atoms with E-state index in [9.17, 15) is 9.90 Å². The summed E-state index contributed by atoms with van der Waals surface area (Å²) >= 11 is 0. The third-order valence-electron chi connectivity index (χ3n) is 5.90. The van der Waals surface area contributed by atoms with Crippen LogP contribution < -0.4 is 4.90 Å². The van der Waals surface area contributed by atoms with Gasteiger partial charge in [0.1, 0.15) is 0 Å².